The summed E-state index contributed by atoms with van der Waals surface area (Å²) in [5.41, 5.74) is 1.75. The summed E-state index contributed by atoms with van der Waals surface area (Å²) in [5.74, 6) is -0.247. The number of thioether (sulfide) groups is 1. The van der Waals surface area contributed by atoms with E-state index in [0.717, 1.165) is 24.0 Å². The molecule has 0 radical (unpaired) electrons. The number of likely N-dealkylation sites (N-methyl/N-ethyl adjacent to an activating group) is 1. The van der Waals surface area contributed by atoms with E-state index in [0.29, 0.717) is 18.3 Å². The van der Waals surface area contributed by atoms with Crippen LogP contribution in [0.25, 0.3) is 0 Å². The number of carbonyl (C=O) groups excluding carboxylic acids is 3. The second-order valence-corrected chi connectivity index (χ2v) is 10.5. The lowest BCUT2D eigenvalue weighted by atomic mass is 9.98. The SMILES string of the molecule is CN1CC(=O)N2[C@@H](c3ccccc3)C(=O)N(CCC3CC=CS3)C[C@@H]2N1C(=O)NCc1ccccc1. The van der Waals surface area contributed by atoms with E-state index in [1.165, 1.54) is 0 Å². The van der Waals surface area contributed by atoms with Crippen LogP contribution in [0.3, 0.4) is 0 Å². The molecule has 3 atom stereocenters. The minimum absolute atomic E-state index is 0.0241. The van der Waals surface area contributed by atoms with Gasteiger partial charge in [-0.25, -0.2) is 14.8 Å². The summed E-state index contributed by atoms with van der Waals surface area (Å²) in [6.45, 7) is 1.27. The highest BCUT2D eigenvalue weighted by Gasteiger charge is 2.51. The first-order valence-electron chi connectivity index (χ1n) is 12.3. The van der Waals surface area contributed by atoms with Crippen LogP contribution in [0.2, 0.25) is 0 Å². The summed E-state index contributed by atoms with van der Waals surface area (Å²) >= 11 is 1.80. The number of hydrogen-bond acceptors (Lipinski definition) is 5. The predicted octanol–water partition coefficient (Wildman–Crippen LogP) is 3.21. The van der Waals surface area contributed by atoms with Gasteiger partial charge in [-0.2, -0.15) is 0 Å². The summed E-state index contributed by atoms with van der Waals surface area (Å²) < 4.78 is 0. The number of piperazine rings is 1. The highest BCUT2D eigenvalue weighted by atomic mass is 32.2. The second-order valence-electron chi connectivity index (χ2n) is 9.34. The molecule has 5 rings (SSSR count). The average Bonchev–Trinajstić information content (AvgIpc) is 3.41. The molecule has 3 aliphatic rings. The zero-order valence-corrected chi connectivity index (χ0v) is 21.1. The normalized spacial score (nSPS) is 24.2. The third-order valence-corrected chi connectivity index (χ3v) is 8.09. The summed E-state index contributed by atoms with van der Waals surface area (Å²) in [4.78, 5) is 44.0. The topological polar surface area (TPSA) is 76.2 Å². The van der Waals surface area contributed by atoms with Crippen molar-refractivity contribution in [1.82, 2.24) is 25.1 Å². The van der Waals surface area contributed by atoms with E-state index in [4.69, 9.17) is 0 Å². The van der Waals surface area contributed by atoms with E-state index in [-0.39, 0.29) is 30.9 Å². The Morgan fingerprint density at radius 2 is 1.78 bits per heavy atom. The molecule has 8 nitrogen and oxygen atoms in total. The molecule has 0 aromatic heterocycles. The molecule has 3 aliphatic heterocycles. The zero-order chi connectivity index (χ0) is 25.1. The largest absolute Gasteiger partial charge is 0.337 e. The van der Waals surface area contributed by atoms with Gasteiger partial charge in [-0.3, -0.25) is 9.59 Å². The number of nitrogens with zero attached hydrogens (tertiary/aromatic N) is 4. The van der Waals surface area contributed by atoms with Gasteiger partial charge in [0.1, 0.15) is 12.2 Å². The average molecular weight is 506 g/mol. The van der Waals surface area contributed by atoms with Gasteiger partial charge in [0, 0.05) is 25.4 Å². The molecule has 4 amide bonds. The quantitative estimate of drug-likeness (QED) is 0.653. The van der Waals surface area contributed by atoms with Gasteiger partial charge in [-0.1, -0.05) is 66.7 Å². The smallest absolute Gasteiger partial charge is 0.334 e. The second kappa shape index (κ2) is 10.8. The third kappa shape index (κ3) is 4.99. The summed E-state index contributed by atoms with van der Waals surface area (Å²) in [5, 5.41) is 8.83. The van der Waals surface area contributed by atoms with E-state index in [9.17, 15) is 14.4 Å². The molecular weight excluding hydrogens is 474 g/mol. The summed E-state index contributed by atoms with van der Waals surface area (Å²) in [6.07, 6.45) is 3.43. The molecule has 36 heavy (non-hydrogen) atoms. The maximum Gasteiger partial charge on any atom is 0.334 e. The Balaban J connectivity index is 1.42. The predicted molar refractivity (Wildman–Crippen MR) is 139 cm³/mol. The fourth-order valence-electron chi connectivity index (χ4n) is 5.13. The number of benzene rings is 2. The van der Waals surface area contributed by atoms with Crippen LogP contribution in [0, 0.1) is 0 Å². The number of allylic oxidation sites excluding steroid dienone is 1. The number of fused-ring (bicyclic) bond motifs is 1. The lowest BCUT2D eigenvalue weighted by molar-refractivity contribution is -0.187. The van der Waals surface area contributed by atoms with Gasteiger partial charge in [0.05, 0.1) is 13.1 Å². The van der Waals surface area contributed by atoms with Crippen LogP contribution in [0.1, 0.15) is 30.0 Å². The molecular formula is C27H31N5O3S. The Morgan fingerprint density at radius 1 is 1.06 bits per heavy atom. The van der Waals surface area contributed by atoms with E-state index < -0.39 is 12.2 Å². The van der Waals surface area contributed by atoms with E-state index in [1.807, 2.05) is 65.6 Å². The molecule has 3 heterocycles. The van der Waals surface area contributed by atoms with Crippen LogP contribution in [0.4, 0.5) is 4.79 Å². The Hall–Kier alpha value is -3.30. The Kier molecular flexibility index (Phi) is 7.29. The first-order valence-corrected chi connectivity index (χ1v) is 13.2. The number of carbonyl (C=O) groups is 3. The molecule has 0 saturated carbocycles. The molecule has 2 fully saturated rings. The lowest BCUT2D eigenvalue weighted by Crippen LogP contribution is -2.73. The molecule has 0 aliphatic carbocycles. The Bertz CT molecular complexity index is 1120. The minimum Gasteiger partial charge on any atom is -0.337 e. The molecule has 0 bridgehead atoms. The van der Waals surface area contributed by atoms with Crippen LogP contribution in [0.5, 0.6) is 0 Å². The first kappa shape index (κ1) is 24.4. The standard InChI is InChI=1S/C27H31N5O3S/c1-29-19-24(33)31-23(32(29)27(35)28-17-20-9-4-2-5-10-20)18-30(15-14-22-13-8-16-36-22)26(34)25(31)21-11-6-3-7-12-21/h2-12,16,22-23,25H,13-15,17-19H2,1H3,(H,28,35)/t22?,23-,25-/m0/s1. The van der Waals surface area contributed by atoms with E-state index in [1.54, 1.807) is 33.7 Å². The van der Waals surface area contributed by atoms with Crippen molar-refractivity contribution in [1.29, 1.82) is 0 Å². The van der Waals surface area contributed by atoms with Crippen LogP contribution in [0.15, 0.2) is 72.1 Å². The Morgan fingerprint density at radius 3 is 2.47 bits per heavy atom. The van der Waals surface area contributed by atoms with Crippen molar-refractivity contribution in [3.05, 3.63) is 83.3 Å². The van der Waals surface area contributed by atoms with Gasteiger partial charge in [0.2, 0.25) is 11.8 Å². The molecule has 9 heteroatoms. The molecule has 2 saturated heterocycles. The van der Waals surface area contributed by atoms with Gasteiger partial charge in [-0.15, -0.1) is 11.8 Å². The number of rotatable bonds is 6. The summed E-state index contributed by atoms with van der Waals surface area (Å²) in [6, 6.07) is 18.1. The maximum absolute atomic E-state index is 13.8. The van der Waals surface area contributed by atoms with Gasteiger partial charge in [-0.05, 0) is 29.4 Å². The Labute approximate surface area is 215 Å². The number of hydrazine groups is 1. The highest BCUT2D eigenvalue weighted by Crippen LogP contribution is 2.35. The first-order chi connectivity index (χ1) is 17.5. The molecule has 1 N–H and O–H groups in total. The molecule has 2 aromatic carbocycles. The van der Waals surface area contributed by atoms with Gasteiger partial charge >= 0.3 is 6.03 Å². The van der Waals surface area contributed by atoms with Crippen molar-refractivity contribution >= 4 is 29.6 Å². The lowest BCUT2D eigenvalue weighted by Gasteiger charge is -2.54. The van der Waals surface area contributed by atoms with Crippen LogP contribution in [-0.2, 0) is 16.1 Å². The van der Waals surface area contributed by atoms with Crippen LogP contribution >= 0.6 is 11.8 Å². The van der Waals surface area contributed by atoms with Gasteiger partial charge in [0.15, 0.2) is 0 Å². The number of nitrogens with one attached hydrogen (secondary N) is 1. The van der Waals surface area contributed by atoms with Crippen molar-refractivity contribution in [3.8, 4) is 0 Å². The zero-order valence-electron chi connectivity index (χ0n) is 20.3. The fourth-order valence-corrected chi connectivity index (χ4v) is 6.03. The van der Waals surface area contributed by atoms with Crippen molar-refractivity contribution in [2.24, 2.45) is 0 Å². The van der Waals surface area contributed by atoms with E-state index >= 15 is 0 Å². The minimum atomic E-state index is -0.759. The van der Waals surface area contributed by atoms with Crippen LogP contribution < -0.4 is 5.32 Å². The maximum atomic E-state index is 13.8. The molecule has 0 spiro atoms. The molecule has 188 valence electrons. The number of amides is 4. The molecule has 2 aromatic rings. The third-order valence-electron chi connectivity index (χ3n) is 6.93. The van der Waals surface area contributed by atoms with Gasteiger partial charge in [0.25, 0.3) is 0 Å². The van der Waals surface area contributed by atoms with Crippen molar-refractivity contribution in [2.75, 3.05) is 26.7 Å². The van der Waals surface area contributed by atoms with Crippen molar-refractivity contribution in [2.45, 2.75) is 36.8 Å². The fraction of sp³-hybridized carbons (Fsp3) is 0.370. The monoisotopic (exact) mass is 505 g/mol. The van der Waals surface area contributed by atoms with Crippen molar-refractivity contribution < 1.29 is 14.4 Å². The molecule has 1 unspecified atom stereocenters. The van der Waals surface area contributed by atoms with Crippen LogP contribution in [-0.4, -0.2) is 75.8 Å². The van der Waals surface area contributed by atoms with Crippen molar-refractivity contribution in [3.63, 3.8) is 0 Å². The van der Waals surface area contributed by atoms with Gasteiger partial charge < -0.3 is 15.1 Å². The number of urea groups is 1. The number of hydrogen-bond donors (Lipinski definition) is 1. The summed E-state index contributed by atoms with van der Waals surface area (Å²) in [7, 11) is 1.75. The van der Waals surface area contributed by atoms with E-state index in [2.05, 4.69) is 16.8 Å². The highest BCUT2D eigenvalue weighted by molar-refractivity contribution is 8.03.